The maximum absolute atomic E-state index is 12.1. The molecule has 0 aromatic heterocycles. The molecule has 1 aliphatic rings. The molecule has 84 valence electrons. The molecule has 0 aliphatic carbocycles. The van der Waals surface area contributed by atoms with Crippen LogP contribution in [0.15, 0.2) is 0 Å². The molecule has 2 unspecified atom stereocenters. The normalized spacial score (nSPS) is 30.6. The third kappa shape index (κ3) is 3.81. The predicted molar refractivity (Wildman–Crippen MR) is 45.9 cm³/mol. The van der Waals surface area contributed by atoms with E-state index in [9.17, 15) is 13.2 Å². The summed E-state index contributed by atoms with van der Waals surface area (Å²) in [7, 11) is 0. The quantitative estimate of drug-likeness (QED) is 0.728. The summed E-state index contributed by atoms with van der Waals surface area (Å²) in [6.07, 6.45) is -4.60. The zero-order valence-corrected chi connectivity index (χ0v) is 8.05. The van der Waals surface area contributed by atoms with Gasteiger partial charge < -0.3 is 10.5 Å². The minimum absolute atomic E-state index is 0.181. The summed E-state index contributed by atoms with van der Waals surface area (Å²) in [5.41, 5.74) is 5.36. The Morgan fingerprint density at radius 1 is 1.43 bits per heavy atom. The third-order valence-corrected chi connectivity index (χ3v) is 2.07. The highest BCUT2D eigenvalue weighted by Gasteiger charge is 2.34. The van der Waals surface area contributed by atoms with E-state index in [0.717, 1.165) is 0 Å². The van der Waals surface area contributed by atoms with Gasteiger partial charge in [-0.25, -0.2) is 0 Å². The Balaban J connectivity index is 2.45. The lowest BCUT2D eigenvalue weighted by Crippen LogP contribution is -2.51. The molecule has 0 radical (unpaired) electrons. The SMILES string of the molecule is CC1CN(CC(F)(F)F)CC(CN)O1. The van der Waals surface area contributed by atoms with Crippen LogP contribution in [0, 0.1) is 0 Å². The molecule has 3 nitrogen and oxygen atoms in total. The van der Waals surface area contributed by atoms with Gasteiger partial charge in [0.1, 0.15) is 0 Å². The fourth-order valence-electron chi connectivity index (χ4n) is 1.65. The van der Waals surface area contributed by atoms with Crippen molar-refractivity contribution in [2.24, 2.45) is 5.73 Å². The van der Waals surface area contributed by atoms with E-state index < -0.39 is 12.7 Å². The number of halogens is 3. The van der Waals surface area contributed by atoms with Crippen LogP contribution in [0.2, 0.25) is 0 Å². The van der Waals surface area contributed by atoms with Crippen LogP contribution in [0.4, 0.5) is 13.2 Å². The second-order valence-corrected chi connectivity index (χ2v) is 3.61. The van der Waals surface area contributed by atoms with Gasteiger partial charge in [-0.2, -0.15) is 13.2 Å². The second-order valence-electron chi connectivity index (χ2n) is 3.61. The molecule has 6 heteroatoms. The van der Waals surface area contributed by atoms with Gasteiger partial charge in [0.2, 0.25) is 0 Å². The Kier molecular flexibility index (Phi) is 3.74. The Labute approximate surface area is 81.0 Å². The largest absolute Gasteiger partial charge is 0.401 e. The van der Waals surface area contributed by atoms with Crippen molar-refractivity contribution in [2.75, 3.05) is 26.2 Å². The van der Waals surface area contributed by atoms with Crippen LogP contribution in [0.5, 0.6) is 0 Å². The van der Waals surface area contributed by atoms with E-state index in [1.165, 1.54) is 4.90 Å². The fourth-order valence-corrected chi connectivity index (χ4v) is 1.65. The topological polar surface area (TPSA) is 38.5 Å². The van der Waals surface area contributed by atoms with E-state index in [1.54, 1.807) is 6.92 Å². The van der Waals surface area contributed by atoms with Crippen LogP contribution in [0.25, 0.3) is 0 Å². The van der Waals surface area contributed by atoms with E-state index in [4.69, 9.17) is 10.5 Å². The molecule has 1 rings (SSSR count). The molecule has 2 atom stereocenters. The van der Waals surface area contributed by atoms with Crippen LogP contribution < -0.4 is 5.73 Å². The van der Waals surface area contributed by atoms with Gasteiger partial charge in [-0.05, 0) is 6.92 Å². The van der Waals surface area contributed by atoms with Crippen molar-refractivity contribution < 1.29 is 17.9 Å². The van der Waals surface area contributed by atoms with E-state index in [-0.39, 0.29) is 25.3 Å². The van der Waals surface area contributed by atoms with Gasteiger partial charge in [-0.1, -0.05) is 0 Å². The summed E-state index contributed by atoms with van der Waals surface area (Å²) < 4.78 is 41.6. The molecule has 0 bridgehead atoms. The molecule has 1 fully saturated rings. The zero-order valence-electron chi connectivity index (χ0n) is 8.05. The zero-order chi connectivity index (χ0) is 10.8. The second kappa shape index (κ2) is 4.46. The average Bonchev–Trinajstić information content (AvgIpc) is 1.99. The van der Waals surface area contributed by atoms with Crippen molar-refractivity contribution >= 4 is 0 Å². The number of morpholine rings is 1. The van der Waals surface area contributed by atoms with E-state index in [1.807, 2.05) is 0 Å². The lowest BCUT2D eigenvalue weighted by molar-refractivity contribution is -0.166. The number of nitrogens with zero attached hydrogens (tertiary/aromatic N) is 1. The monoisotopic (exact) mass is 212 g/mol. The first kappa shape index (κ1) is 11.7. The van der Waals surface area contributed by atoms with E-state index in [0.29, 0.717) is 6.54 Å². The third-order valence-electron chi connectivity index (χ3n) is 2.07. The van der Waals surface area contributed by atoms with Crippen LogP contribution in [0.1, 0.15) is 6.92 Å². The average molecular weight is 212 g/mol. The standard InChI is InChI=1S/C8H15F3N2O/c1-6-3-13(5-8(9,10)11)4-7(2-12)14-6/h6-7H,2-5,12H2,1H3. The molecule has 0 amide bonds. The Morgan fingerprint density at radius 2 is 2.07 bits per heavy atom. The highest BCUT2D eigenvalue weighted by molar-refractivity contribution is 4.77. The van der Waals surface area contributed by atoms with Crippen molar-refractivity contribution in [2.45, 2.75) is 25.3 Å². The minimum Gasteiger partial charge on any atom is -0.371 e. The highest BCUT2D eigenvalue weighted by Crippen LogP contribution is 2.19. The maximum atomic E-state index is 12.1. The Hall–Kier alpha value is -0.330. The molecule has 14 heavy (non-hydrogen) atoms. The highest BCUT2D eigenvalue weighted by atomic mass is 19.4. The number of hydrogen-bond acceptors (Lipinski definition) is 3. The molecule has 2 N–H and O–H groups in total. The first-order chi connectivity index (χ1) is 6.40. The predicted octanol–water partition coefficient (Wildman–Crippen LogP) is 0.597. The van der Waals surface area contributed by atoms with Gasteiger partial charge in [-0.15, -0.1) is 0 Å². The number of hydrogen-bond donors (Lipinski definition) is 1. The molecule has 1 saturated heterocycles. The van der Waals surface area contributed by atoms with Crippen LogP contribution >= 0.6 is 0 Å². The van der Waals surface area contributed by atoms with Crippen molar-refractivity contribution in [1.29, 1.82) is 0 Å². The van der Waals surface area contributed by atoms with Crippen molar-refractivity contribution in [3.8, 4) is 0 Å². The van der Waals surface area contributed by atoms with Crippen molar-refractivity contribution in [3.05, 3.63) is 0 Å². The van der Waals surface area contributed by atoms with Crippen LogP contribution in [0.3, 0.4) is 0 Å². The smallest absolute Gasteiger partial charge is 0.371 e. The van der Waals surface area contributed by atoms with Gasteiger partial charge in [0, 0.05) is 19.6 Å². The molecule has 0 aromatic rings. The van der Waals surface area contributed by atoms with Crippen molar-refractivity contribution in [3.63, 3.8) is 0 Å². The van der Waals surface area contributed by atoms with Gasteiger partial charge in [0.25, 0.3) is 0 Å². The minimum atomic E-state index is -4.14. The fraction of sp³-hybridized carbons (Fsp3) is 1.00. The molecule has 1 aliphatic heterocycles. The first-order valence-electron chi connectivity index (χ1n) is 4.55. The molecular weight excluding hydrogens is 197 g/mol. The lowest BCUT2D eigenvalue weighted by Gasteiger charge is -2.36. The number of alkyl halides is 3. The number of ether oxygens (including phenoxy) is 1. The van der Waals surface area contributed by atoms with Crippen molar-refractivity contribution in [1.82, 2.24) is 4.90 Å². The first-order valence-corrected chi connectivity index (χ1v) is 4.55. The van der Waals surface area contributed by atoms with Gasteiger partial charge in [0.05, 0.1) is 18.8 Å². The summed E-state index contributed by atoms with van der Waals surface area (Å²) in [6, 6.07) is 0. The maximum Gasteiger partial charge on any atom is 0.401 e. The van der Waals surface area contributed by atoms with E-state index >= 15 is 0 Å². The number of rotatable bonds is 2. The number of nitrogens with two attached hydrogens (primary N) is 1. The Morgan fingerprint density at radius 3 is 2.57 bits per heavy atom. The summed E-state index contributed by atoms with van der Waals surface area (Å²) in [6.45, 7) is 1.72. The molecule has 0 saturated carbocycles. The van der Waals surface area contributed by atoms with Gasteiger partial charge in [-0.3, -0.25) is 4.90 Å². The van der Waals surface area contributed by atoms with Gasteiger partial charge in [0.15, 0.2) is 0 Å². The summed E-state index contributed by atoms with van der Waals surface area (Å²) in [5.74, 6) is 0. The lowest BCUT2D eigenvalue weighted by atomic mass is 10.2. The Bertz CT molecular complexity index is 186. The van der Waals surface area contributed by atoms with E-state index in [2.05, 4.69) is 0 Å². The van der Waals surface area contributed by atoms with Crippen LogP contribution in [-0.4, -0.2) is 49.5 Å². The van der Waals surface area contributed by atoms with Gasteiger partial charge >= 0.3 is 6.18 Å². The van der Waals surface area contributed by atoms with Crippen LogP contribution in [-0.2, 0) is 4.74 Å². The summed E-state index contributed by atoms with van der Waals surface area (Å²) in [5, 5.41) is 0. The molecule has 0 aromatic carbocycles. The summed E-state index contributed by atoms with van der Waals surface area (Å²) >= 11 is 0. The molecule has 1 heterocycles. The summed E-state index contributed by atoms with van der Waals surface area (Å²) in [4.78, 5) is 1.34. The molecular formula is C8H15F3N2O. The molecule has 0 spiro atoms.